The Balaban J connectivity index is 1.81. The SMILES string of the molecule is CN1CCn2nc(Cc3ccccc3)nc2C1. The van der Waals surface area contributed by atoms with Gasteiger partial charge in [0.2, 0.25) is 0 Å². The third kappa shape index (κ3) is 2.22. The van der Waals surface area contributed by atoms with Crippen LogP contribution < -0.4 is 0 Å². The summed E-state index contributed by atoms with van der Waals surface area (Å²) in [5, 5.41) is 4.56. The van der Waals surface area contributed by atoms with Crippen LogP contribution in [-0.2, 0) is 19.5 Å². The van der Waals surface area contributed by atoms with Gasteiger partial charge < -0.3 is 0 Å². The van der Waals surface area contributed by atoms with E-state index in [1.54, 1.807) is 0 Å². The lowest BCUT2D eigenvalue weighted by molar-refractivity contribution is 0.254. The van der Waals surface area contributed by atoms with Crippen molar-refractivity contribution in [3.63, 3.8) is 0 Å². The van der Waals surface area contributed by atoms with Crippen molar-refractivity contribution in [2.24, 2.45) is 0 Å². The molecule has 1 aliphatic heterocycles. The number of rotatable bonds is 2. The third-order valence-electron chi connectivity index (χ3n) is 3.10. The Kier molecular flexibility index (Phi) is 2.65. The minimum atomic E-state index is 0.824. The number of hydrogen-bond donors (Lipinski definition) is 0. The van der Waals surface area contributed by atoms with E-state index in [1.165, 1.54) is 5.56 Å². The minimum absolute atomic E-state index is 0.824. The predicted molar refractivity (Wildman–Crippen MR) is 65.6 cm³/mol. The lowest BCUT2D eigenvalue weighted by atomic mass is 10.1. The van der Waals surface area contributed by atoms with E-state index < -0.39 is 0 Å². The van der Waals surface area contributed by atoms with Crippen molar-refractivity contribution >= 4 is 0 Å². The second-order valence-corrected chi connectivity index (χ2v) is 4.57. The lowest BCUT2D eigenvalue weighted by Gasteiger charge is -2.21. The Bertz CT molecular complexity index is 503. The Labute approximate surface area is 101 Å². The fourth-order valence-corrected chi connectivity index (χ4v) is 2.16. The summed E-state index contributed by atoms with van der Waals surface area (Å²) in [6.45, 7) is 2.91. The van der Waals surface area contributed by atoms with Gasteiger partial charge in [-0.15, -0.1) is 0 Å². The van der Waals surface area contributed by atoms with Gasteiger partial charge in [-0.2, -0.15) is 5.10 Å². The standard InChI is InChI=1S/C13H16N4/c1-16-7-8-17-13(10-16)14-12(15-17)9-11-5-3-2-4-6-11/h2-6H,7-10H2,1H3. The maximum absolute atomic E-state index is 4.61. The molecule has 1 aromatic carbocycles. The van der Waals surface area contributed by atoms with Crippen LogP contribution in [0.3, 0.4) is 0 Å². The van der Waals surface area contributed by atoms with Gasteiger partial charge in [-0.25, -0.2) is 9.67 Å². The van der Waals surface area contributed by atoms with Gasteiger partial charge in [0.15, 0.2) is 5.82 Å². The van der Waals surface area contributed by atoms with Crippen LogP contribution in [0.15, 0.2) is 30.3 Å². The molecule has 1 aromatic heterocycles. The second kappa shape index (κ2) is 4.30. The van der Waals surface area contributed by atoms with E-state index in [1.807, 2.05) is 10.7 Å². The summed E-state index contributed by atoms with van der Waals surface area (Å²) in [4.78, 5) is 6.88. The first-order valence-electron chi connectivity index (χ1n) is 5.96. The number of fused-ring (bicyclic) bond motifs is 1. The van der Waals surface area contributed by atoms with Crippen molar-refractivity contribution in [2.45, 2.75) is 19.5 Å². The number of benzene rings is 1. The Morgan fingerprint density at radius 1 is 1.18 bits per heavy atom. The highest BCUT2D eigenvalue weighted by atomic mass is 15.4. The molecule has 0 N–H and O–H groups in total. The first kappa shape index (κ1) is 10.5. The van der Waals surface area contributed by atoms with Crippen LogP contribution in [0.1, 0.15) is 17.2 Å². The molecular formula is C13H16N4. The molecule has 0 atom stereocenters. The van der Waals surface area contributed by atoms with Crippen LogP contribution in [0.25, 0.3) is 0 Å². The van der Waals surface area contributed by atoms with E-state index in [-0.39, 0.29) is 0 Å². The van der Waals surface area contributed by atoms with Gasteiger partial charge >= 0.3 is 0 Å². The Morgan fingerprint density at radius 3 is 2.82 bits per heavy atom. The third-order valence-corrected chi connectivity index (χ3v) is 3.10. The monoisotopic (exact) mass is 228 g/mol. The molecule has 0 amide bonds. The first-order valence-corrected chi connectivity index (χ1v) is 5.96. The Morgan fingerprint density at radius 2 is 2.00 bits per heavy atom. The average molecular weight is 228 g/mol. The van der Waals surface area contributed by atoms with Crippen LogP contribution in [0, 0.1) is 0 Å². The van der Waals surface area contributed by atoms with Gasteiger partial charge in [0.25, 0.3) is 0 Å². The molecule has 2 aromatic rings. The fourth-order valence-electron chi connectivity index (χ4n) is 2.16. The summed E-state index contributed by atoms with van der Waals surface area (Å²) < 4.78 is 2.04. The van der Waals surface area contributed by atoms with Crippen molar-refractivity contribution in [1.82, 2.24) is 19.7 Å². The highest BCUT2D eigenvalue weighted by molar-refractivity contribution is 5.18. The molecule has 2 heterocycles. The van der Waals surface area contributed by atoms with E-state index in [9.17, 15) is 0 Å². The van der Waals surface area contributed by atoms with Crippen molar-refractivity contribution in [2.75, 3.05) is 13.6 Å². The van der Waals surface area contributed by atoms with E-state index in [0.29, 0.717) is 0 Å². The number of hydrogen-bond acceptors (Lipinski definition) is 3. The molecule has 0 saturated carbocycles. The number of likely N-dealkylation sites (N-methyl/N-ethyl adjacent to an activating group) is 1. The summed E-state index contributed by atoms with van der Waals surface area (Å²) in [6, 6.07) is 10.4. The highest BCUT2D eigenvalue weighted by Gasteiger charge is 2.16. The summed E-state index contributed by atoms with van der Waals surface area (Å²) in [5.74, 6) is 2.02. The van der Waals surface area contributed by atoms with Gasteiger partial charge in [0.05, 0.1) is 13.1 Å². The first-order chi connectivity index (χ1) is 8.31. The highest BCUT2D eigenvalue weighted by Crippen LogP contribution is 2.11. The number of aromatic nitrogens is 3. The fraction of sp³-hybridized carbons (Fsp3) is 0.385. The van der Waals surface area contributed by atoms with Crippen LogP contribution in [0.2, 0.25) is 0 Å². The minimum Gasteiger partial charge on any atom is -0.297 e. The van der Waals surface area contributed by atoms with Gasteiger partial charge in [0.1, 0.15) is 5.82 Å². The molecule has 17 heavy (non-hydrogen) atoms. The number of nitrogens with zero attached hydrogens (tertiary/aromatic N) is 4. The van der Waals surface area contributed by atoms with Crippen LogP contribution in [0.5, 0.6) is 0 Å². The molecule has 0 bridgehead atoms. The zero-order valence-electron chi connectivity index (χ0n) is 10.0. The molecule has 1 aliphatic rings. The van der Waals surface area contributed by atoms with E-state index in [0.717, 1.165) is 37.7 Å². The van der Waals surface area contributed by atoms with E-state index in [2.05, 4.69) is 46.3 Å². The molecule has 0 aliphatic carbocycles. The molecular weight excluding hydrogens is 212 g/mol. The van der Waals surface area contributed by atoms with Crippen molar-refractivity contribution in [3.05, 3.63) is 47.5 Å². The molecule has 0 spiro atoms. The van der Waals surface area contributed by atoms with Crippen molar-refractivity contribution in [3.8, 4) is 0 Å². The molecule has 4 nitrogen and oxygen atoms in total. The van der Waals surface area contributed by atoms with Crippen LogP contribution in [0.4, 0.5) is 0 Å². The summed E-state index contributed by atoms with van der Waals surface area (Å²) >= 11 is 0. The van der Waals surface area contributed by atoms with E-state index >= 15 is 0 Å². The molecule has 0 fully saturated rings. The van der Waals surface area contributed by atoms with Crippen molar-refractivity contribution in [1.29, 1.82) is 0 Å². The second-order valence-electron chi connectivity index (χ2n) is 4.57. The summed E-state index contributed by atoms with van der Waals surface area (Å²) in [5.41, 5.74) is 1.27. The molecule has 0 radical (unpaired) electrons. The zero-order valence-corrected chi connectivity index (χ0v) is 10.0. The normalized spacial score (nSPS) is 15.8. The zero-order chi connectivity index (χ0) is 11.7. The molecule has 0 saturated heterocycles. The lowest BCUT2D eigenvalue weighted by Crippen LogP contribution is -2.30. The molecule has 88 valence electrons. The maximum atomic E-state index is 4.61. The van der Waals surface area contributed by atoms with Gasteiger partial charge in [0, 0.05) is 13.0 Å². The summed E-state index contributed by atoms with van der Waals surface area (Å²) in [6.07, 6.45) is 0.824. The summed E-state index contributed by atoms with van der Waals surface area (Å²) in [7, 11) is 2.12. The van der Waals surface area contributed by atoms with Gasteiger partial charge in [-0.1, -0.05) is 30.3 Å². The largest absolute Gasteiger partial charge is 0.297 e. The molecule has 4 heteroatoms. The quantitative estimate of drug-likeness (QED) is 0.777. The van der Waals surface area contributed by atoms with Crippen LogP contribution in [-0.4, -0.2) is 33.3 Å². The van der Waals surface area contributed by atoms with Gasteiger partial charge in [-0.3, -0.25) is 4.90 Å². The predicted octanol–water partition coefficient (Wildman–Crippen LogP) is 1.31. The van der Waals surface area contributed by atoms with Gasteiger partial charge in [-0.05, 0) is 12.6 Å². The Hall–Kier alpha value is -1.68. The smallest absolute Gasteiger partial charge is 0.155 e. The molecule has 0 unspecified atom stereocenters. The van der Waals surface area contributed by atoms with E-state index in [4.69, 9.17) is 0 Å². The maximum Gasteiger partial charge on any atom is 0.155 e. The topological polar surface area (TPSA) is 34.0 Å². The van der Waals surface area contributed by atoms with Crippen LogP contribution >= 0.6 is 0 Å². The van der Waals surface area contributed by atoms with Crippen molar-refractivity contribution < 1.29 is 0 Å². The molecule has 3 rings (SSSR count). The average Bonchev–Trinajstić information content (AvgIpc) is 2.71.